The molecule has 1 amide bonds. The highest BCUT2D eigenvalue weighted by atomic mass is 19.4. The molecule has 1 aromatic rings. The molecule has 2 heterocycles. The van der Waals surface area contributed by atoms with Crippen LogP contribution in [0, 0.1) is 5.92 Å². The fourth-order valence-electron chi connectivity index (χ4n) is 3.66. The Morgan fingerprint density at radius 1 is 1.26 bits per heavy atom. The normalized spacial score (nSPS) is 23.0. The Morgan fingerprint density at radius 2 is 1.96 bits per heavy atom. The van der Waals surface area contributed by atoms with Gasteiger partial charge in [-0.3, -0.25) is 9.69 Å². The van der Waals surface area contributed by atoms with Crippen molar-refractivity contribution in [3.05, 3.63) is 35.4 Å². The molecule has 0 bridgehead atoms. The number of nitrogens with one attached hydrogen (secondary N) is 2. The third-order valence-corrected chi connectivity index (χ3v) is 5.25. The molecule has 2 aliphatic rings. The summed E-state index contributed by atoms with van der Waals surface area (Å²) in [6.45, 7) is 4.52. The Balaban J connectivity index is 1.69. The van der Waals surface area contributed by atoms with Crippen molar-refractivity contribution in [2.75, 3.05) is 45.9 Å². The fourth-order valence-corrected chi connectivity index (χ4v) is 3.66. The summed E-state index contributed by atoms with van der Waals surface area (Å²) >= 11 is 0. The van der Waals surface area contributed by atoms with Crippen LogP contribution in [0.1, 0.15) is 30.0 Å². The molecule has 8 heteroatoms. The van der Waals surface area contributed by atoms with Crippen molar-refractivity contribution in [1.82, 2.24) is 15.5 Å². The first-order valence-corrected chi connectivity index (χ1v) is 9.42. The van der Waals surface area contributed by atoms with Gasteiger partial charge in [-0.1, -0.05) is 12.1 Å². The van der Waals surface area contributed by atoms with E-state index in [1.165, 1.54) is 12.1 Å². The van der Waals surface area contributed by atoms with Crippen LogP contribution in [-0.4, -0.2) is 56.7 Å². The minimum atomic E-state index is -4.35. The molecule has 2 saturated heterocycles. The molecule has 0 saturated carbocycles. The Hall–Kier alpha value is -1.64. The second-order valence-electron chi connectivity index (χ2n) is 7.07. The fraction of sp³-hybridized carbons (Fsp3) is 0.632. The van der Waals surface area contributed by atoms with E-state index in [0.29, 0.717) is 39.4 Å². The number of carbonyl (C=O) groups is 1. The third kappa shape index (κ3) is 5.43. The molecule has 2 aliphatic heterocycles. The van der Waals surface area contributed by atoms with Crippen molar-refractivity contribution >= 4 is 5.91 Å². The van der Waals surface area contributed by atoms with E-state index in [4.69, 9.17) is 4.74 Å². The van der Waals surface area contributed by atoms with E-state index in [-0.39, 0.29) is 17.9 Å². The average molecular weight is 385 g/mol. The largest absolute Gasteiger partial charge is 0.416 e. The molecule has 1 aromatic carbocycles. The zero-order chi connectivity index (χ0) is 19.3. The molecule has 27 heavy (non-hydrogen) atoms. The molecular weight excluding hydrogens is 359 g/mol. The number of carbonyl (C=O) groups excluding carboxylic acids is 1. The van der Waals surface area contributed by atoms with Crippen LogP contribution < -0.4 is 10.6 Å². The summed E-state index contributed by atoms with van der Waals surface area (Å²) in [5.74, 6) is -0.0379. The van der Waals surface area contributed by atoms with Crippen molar-refractivity contribution < 1.29 is 22.7 Å². The number of alkyl halides is 3. The zero-order valence-electron chi connectivity index (χ0n) is 15.2. The summed E-state index contributed by atoms with van der Waals surface area (Å²) in [7, 11) is 0. The van der Waals surface area contributed by atoms with E-state index in [9.17, 15) is 18.0 Å². The number of piperidine rings is 1. The maximum atomic E-state index is 12.8. The molecule has 150 valence electrons. The molecule has 2 N–H and O–H groups in total. The van der Waals surface area contributed by atoms with Gasteiger partial charge in [-0.2, -0.15) is 13.2 Å². The summed E-state index contributed by atoms with van der Waals surface area (Å²) in [4.78, 5) is 14.6. The van der Waals surface area contributed by atoms with E-state index in [2.05, 4.69) is 15.5 Å². The van der Waals surface area contributed by atoms with Crippen LogP contribution in [0.2, 0.25) is 0 Å². The van der Waals surface area contributed by atoms with Crippen LogP contribution in [0.25, 0.3) is 0 Å². The van der Waals surface area contributed by atoms with Crippen molar-refractivity contribution in [1.29, 1.82) is 0 Å². The van der Waals surface area contributed by atoms with E-state index in [1.807, 2.05) is 0 Å². The van der Waals surface area contributed by atoms with Gasteiger partial charge in [0.2, 0.25) is 5.91 Å². The van der Waals surface area contributed by atoms with Gasteiger partial charge in [0, 0.05) is 26.2 Å². The Kier molecular flexibility index (Phi) is 6.73. The van der Waals surface area contributed by atoms with Crippen molar-refractivity contribution in [3.63, 3.8) is 0 Å². The van der Waals surface area contributed by atoms with Gasteiger partial charge in [0.15, 0.2) is 0 Å². The van der Waals surface area contributed by atoms with E-state index in [0.717, 1.165) is 37.1 Å². The number of nitrogens with zero attached hydrogens (tertiary/aromatic N) is 1. The quantitative estimate of drug-likeness (QED) is 0.816. The Morgan fingerprint density at radius 3 is 2.56 bits per heavy atom. The topological polar surface area (TPSA) is 53.6 Å². The molecule has 3 rings (SSSR count). The standard InChI is InChI=1S/C19H26F3N3O2/c20-19(21,22)16-5-3-14(4-6-16)17(25-8-10-27-11-9-25)13-24-18(26)15-2-1-7-23-12-15/h3-6,15,17,23H,1-2,7-13H2,(H,24,26). The average Bonchev–Trinajstić information content (AvgIpc) is 2.69. The number of halogens is 3. The molecule has 2 unspecified atom stereocenters. The number of rotatable bonds is 5. The molecule has 5 nitrogen and oxygen atoms in total. The molecule has 2 fully saturated rings. The predicted molar refractivity (Wildman–Crippen MR) is 95.2 cm³/mol. The van der Waals surface area contributed by atoms with Gasteiger partial charge in [0.05, 0.1) is 30.7 Å². The van der Waals surface area contributed by atoms with Gasteiger partial charge in [0.25, 0.3) is 0 Å². The number of ether oxygens (including phenoxy) is 1. The molecule has 0 radical (unpaired) electrons. The lowest BCUT2D eigenvalue weighted by Crippen LogP contribution is -2.46. The Bertz CT molecular complexity index is 610. The first kappa shape index (κ1) is 20.1. The number of benzene rings is 1. The predicted octanol–water partition coefficient (Wildman–Crippen LogP) is 2.19. The van der Waals surface area contributed by atoms with E-state index < -0.39 is 11.7 Å². The van der Waals surface area contributed by atoms with Crippen LogP contribution in [-0.2, 0) is 15.7 Å². The summed E-state index contributed by atoms with van der Waals surface area (Å²) in [5, 5.41) is 6.23. The van der Waals surface area contributed by atoms with Crippen LogP contribution in [0.3, 0.4) is 0 Å². The summed E-state index contributed by atoms with van der Waals surface area (Å²) < 4.78 is 43.9. The first-order chi connectivity index (χ1) is 12.9. The zero-order valence-corrected chi connectivity index (χ0v) is 15.2. The van der Waals surface area contributed by atoms with E-state index in [1.54, 1.807) is 0 Å². The highest BCUT2D eigenvalue weighted by molar-refractivity contribution is 5.79. The lowest BCUT2D eigenvalue weighted by atomic mass is 9.98. The monoisotopic (exact) mass is 385 g/mol. The number of hydrogen-bond acceptors (Lipinski definition) is 4. The van der Waals surface area contributed by atoms with Crippen LogP contribution in [0.5, 0.6) is 0 Å². The number of amides is 1. The molecular formula is C19H26F3N3O2. The van der Waals surface area contributed by atoms with Crippen LogP contribution in [0.4, 0.5) is 13.2 Å². The van der Waals surface area contributed by atoms with Gasteiger partial charge in [-0.25, -0.2) is 0 Å². The lowest BCUT2D eigenvalue weighted by Gasteiger charge is -2.35. The maximum Gasteiger partial charge on any atom is 0.416 e. The van der Waals surface area contributed by atoms with Gasteiger partial charge >= 0.3 is 6.18 Å². The summed E-state index contributed by atoms with van der Waals surface area (Å²) in [6.07, 6.45) is -2.51. The van der Waals surface area contributed by atoms with Crippen LogP contribution in [0.15, 0.2) is 24.3 Å². The molecule has 2 atom stereocenters. The third-order valence-electron chi connectivity index (χ3n) is 5.25. The summed E-state index contributed by atoms with van der Waals surface area (Å²) in [5.41, 5.74) is 0.108. The highest BCUT2D eigenvalue weighted by Crippen LogP contribution is 2.31. The summed E-state index contributed by atoms with van der Waals surface area (Å²) in [6, 6.07) is 5.07. The number of hydrogen-bond donors (Lipinski definition) is 2. The van der Waals surface area contributed by atoms with Gasteiger partial charge < -0.3 is 15.4 Å². The Labute approximate surface area is 157 Å². The van der Waals surface area contributed by atoms with Crippen molar-refractivity contribution in [2.24, 2.45) is 5.92 Å². The first-order valence-electron chi connectivity index (χ1n) is 9.42. The molecule has 0 spiro atoms. The SMILES string of the molecule is O=C(NCC(c1ccc(C(F)(F)F)cc1)N1CCOCC1)C1CCCNC1. The van der Waals surface area contributed by atoms with Gasteiger partial charge in [-0.05, 0) is 37.1 Å². The second kappa shape index (κ2) is 9.03. The molecule has 0 aliphatic carbocycles. The minimum Gasteiger partial charge on any atom is -0.379 e. The maximum absolute atomic E-state index is 12.8. The minimum absolute atomic E-state index is 0.00683. The smallest absolute Gasteiger partial charge is 0.379 e. The highest BCUT2D eigenvalue weighted by Gasteiger charge is 2.31. The van der Waals surface area contributed by atoms with Crippen molar-refractivity contribution in [3.8, 4) is 0 Å². The second-order valence-corrected chi connectivity index (χ2v) is 7.07. The number of morpholine rings is 1. The van der Waals surface area contributed by atoms with Gasteiger partial charge in [0.1, 0.15) is 0 Å². The van der Waals surface area contributed by atoms with E-state index >= 15 is 0 Å². The van der Waals surface area contributed by atoms with Gasteiger partial charge in [-0.15, -0.1) is 0 Å². The lowest BCUT2D eigenvalue weighted by molar-refractivity contribution is -0.137. The van der Waals surface area contributed by atoms with Crippen LogP contribution >= 0.6 is 0 Å². The molecule has 0 aromatic heterocycles. The van der Waals surface area contributed by atoms with Crippen molar-refractivity contribution in [2.45, 2.75) is 25.1 Å².